The predicted octanol–water partition coefficient (Wildman–Crippen LogP) is 5.11. The quantitative estimate of drug-likeness (QED) is 0.128. The van der Waals surface area contributed by atoms with Crippen molar-refractivity contribution < 1.29 is 32.3 Å². The average molecular weight is 534 g/mol. The summed E-state index contributed by atoms with van der Waals surface area (Å²) in [6.45, 7) is 2.31. The van der Waals surface area contributed by atoms with Gasteiger partial charge in [0.2, 0.25) is 5.91 Å². The van der Waals surface area contributed by atoms with Gasteiger partial charge in [-0.3, -0.25) is 14.6 Å². The number of hydrogen-bond acceptors (Lipinski definition) is 5. The summed E-state index contributed by atoms with van der Waals surface area (Å²) in [6, 6.07) is 5.99. The Kier molecular flexibility index (Phi) is 10.6. The van der Waals surface area contributed by atoms with Crippen molar-refractivity contribution in [2.45, 2.75) is 64.1 Å². The molecule has 1 aliphatic carbocycles. The van der Waals surface area contributed by atoms with Gasteiger partial charge in [0.05, 0.1) is 6.61 Å². The monoisotopic (exact) mass is 533 g/mol. The molecule has 0 aromatic heterocycles. The largest absolute Gasteiger partial charge is 0.494 e. The second-order valence-corrected chi connectivity index (χ2v) is 9.50. The normalized spacial score (nSPS) is 19.8. The van der Waals surface area contributed by atoms with Crippen LogP contribution in [0.1, 0.15) is 55.2 Å². The van der Waals surface area contributed by atoms with Gasteiger partial charge < -0.3 is 14.9 Å². The van der Waals surface area contributed by atoms with E-state index in [1.807, 2.05) is 37.3 Å². The van der Waals surface area contributed by atoms with Crippen molar-refractivity contribution in [3.05, 3.63) is 65.0 Å². The SMILES string of the molecule is CN=C(Cc1cc(C2=CC(=O)NC(CCC3C=C(OCCCC(F)(F)F)C=CC3)C2)ccc1C)NOC=O. The summed E-state index contributed by atoms with van der Waals surface area (Å²) in [5, 5.41) is 3.04. The van der Waals surface area contributed by atoms with E-state index in [1.165, 1.54) is 0 Å². The molecule has 0 radical (unpaired) electrons. The minimum absolute atomic E-state index is 0.0273. The van der Waals surface area contributed by atoms with Gasteiger partial charge in [0.25, 0.3) is 0 Å². The molecule has 7 nitrogen and oxygen atoms in total. The molecule has 1 aromatic carbocycles. The van der Waals surface area contributed by atoms with E-state index >= 15 is 0 Å². The fourth-order valence-electron chi connectivity index (χ4n) is 4.54. The van der Waals surface area contributed by atoms with E-state index < -0.39 is 12.6 Å². The highest BCUT2D eigenvalue weighted by atomic mass is 19.4. The second kappa shape index (κ2) is 13.8. The molecule has 0 fully saturated rings. The minimum Gasteiger partial charge on any atom is -0.494 e. The van der Waals surface area contributed by atoms with Crippen molar-refractivity contribution in [1.29, 1.82) is 0 Å². The number of amidine groups is 1. The molecule has 0 saturated heterocycles. The third kappa shape index (κ3) is 9.39. The number of benzene rings is 1. The fourth-order valence-corrected chi connectivity index (χ4v) is 4.54. The van der Waals surface area contributed by atoms with Crippen molar-refractivity contribution in [2.24, 2.45) is 10.9 Å². The predicted molar refractivity (Wildman–Crippen MR) is 139 cm³/mol. The van der Waals surface area contributed by atoms with Crippen LogP contribution in [0.15, 0.2) is 53.3 Å². The van der Waals surface area contributed by atoms with Gasteiger partial charge in [-0.1, -0.05) is 24.3 Å². The number of halogens is 3. The molecule has 2 aliphatic rings. The lowest BCUT2D eigenvalue weighted by Crippen LogP contribution is -2.37. The zero-order valence-corrected chi connectivity index (χ0v) is 21.6. The van der Waals surface area contributed by atoms with Gasteiger partial charge in [0.15, 0.2) is 0 Å². The Morgan fingerprint density at radius 1 is 1.29 bits per heavy atom. The molecule has 206 valence electrons. The zero-order valence-electron chi connectivity index (χ0n) is 21.6. The Labute approximate surface area is 220 Å². The molecule has 1 aromatic rings. The van der Waals surface area contributed by atoms with Gasteiger partial charge in [-0.2, -0.15) is 13.2 Å². The number of hydrogen-bond donors (Lipinski definition) is 2. The van der Waals surface area contributed by atoms with Crippen LogP contribution >= 0.6 is 0 Å². The van der Waals surface area contributed by atoms with E-state index in [1.54, 1.807) is 19.2 Å². The van der Waals surface area contributed by atoms with Gasteiger partial charge in [-0.25, -0.2) is 5.48 Å². The maximum absolute atomic E-state index is 12.5. The summed E-state index contributed by atoms with van der Waals surface area (Å²) in [5.74, 6) is 1.17. The summed E-state index contributed by atoms with van der Waals surface area (Å²) in [4.78, 5) is 31.7. The van der Waals surface area contributed by atoms with Crippen LogP contribution in [-0.4, -0.2) is 44.1 Å². The Hall–Kier alpha value is -3.56. The molecule has 2 atom stereocenters. The molecule has 1 amide bonds. The lowest BCUT2D eigenvalue weighted by atomic mass is 9.87. The molecular weight excluding hydrogens is 499 g/mol. The van der Waals surface area contributed by atoms with Crippen LogP contribution in [0.4, 0.5) is 13.2 Å². The number of nitrogens with one attached hydrogen (secondary N) is 2. The standard InChI is InChI=1S/C28H34F3N3O4/c1-19-7-9-21(14-22(19)16-26(32-2)34-38-18-35)23-15-24(33-27(36)17-23)10-8-20-5-3-6-25(13-20)37-12-4-11-28(29,30)31/h3,6-7,9,13-14,17-18,20,24H,4-5,8,10-12,15-16H2,1-2H3,(H,32,34)(H,33,36). The number of allylic oxidation sites excluding steroid dienone is 3. The first-order chi connectivity index (χ1) is 18.2. The van der Waals surface area contributed by atoms with Crippen molar-refractivity contribution in [3.63, 3.8) is 0 Å². The fraction of sp³-hybridized carbons (Fsp3) is 0.464. The van der Waals surface area contributed by atoms with Crippen LogP contribution in [0.2, 0.25) is 0 Å². The number of aliphatic imine (C=N–C) groups is 1. The van der Waals surface area contributed by atoms with E-state index in [0.717, 1.165) is 41.5 Å². The van der Waals surface area contributed by atoms with Crippen molar-refractivity contribution in [3.8, 4) is 0 Å². The Morgan fingerprint density at radius 3 is 2.84 bits per heavy atom. The Bertz CT molecular complexity index is 1110. The van der Waals surface area contributed by atoms with Gasteiger partial charge in [-0.15, -0.1) is 0 Å². The van der Waals surface area contributed by atoms with Crippen LogP contribution in [0, 0.1) is 12.8 Å². The van der Waals surface area contributed by atoms with E-state index in [4.69, 9.17) is 4.74 Å². The number of hydroxylamine groups is 1. The third-order valence-corrected chi connectivity index (χ3v) is 6.57. The third-order valence-electron chi connectivity index (χ3n) is 6.57. The lowest BCUT2D eigenvalue weighted by Gasteiger charge is -2.26. The van der Waals surface area contributed by atoms with Crippen molar-refractivity contribution in [2.75, 3.05) is 13.7 Å². The number of rotatable bonds is 12. The van der Waals surface area contributed by atoms with E-state index in [9.17, 15) is 22.8 Å². The number of amides is 1. The second-order valence-electron chi connectivity index (χ2n) is 9.50. The molecule has 0 saturated carbocycles. The molecule has 1 aliphatic heterocycles. The average Bonchev–Trinajstić information content (AvgIpc) is 2.88. The van der Waals surface area contributed by atoms with Gasteiger partial charge in [0.1, 0.15) is 11.6 Å². The molecule has 1 heterocycles. The maximum atomic E-state index is 12.5. The van der Waals surface area contributed by atoms with Crippen LogP contribution in [0.3, 0.4) is 0 Å². The molecule has 0 bridgehead atoms. The maximum Gasteiger partial charge on any atom is 0.389 e. The number of carbonyl (C=O) groups is 2. The molecule has 2 unspecified atom stereocenters. The van der Waals surface area contributed by atoms with Gasteiger partial charge in [-0.05, 0) is 79.4 Å². The van der Waals surface area contributed by atoms with Gasteiger partial charge in [0, 0.05) is 32.0 Å². The minimum atomic E-state index is -4.17. The van der Waals surface area contributed by atoms with Crippen LogP contribution in [-0.2, 0) is 25.6 Å². The first-order valence-corrected chi connectivity index (χ1v) is 12.7. The summed E-state index contributed by atoms with van der Waals surface area (Å²) >= 11 is 0. The number of aryl methyl sites for hydroxylation is 1. The first-order valence-electron chi connectivity index (χ1n) is 12.7. The van der Waals surface area contributed by atoms with E-state index in [0.29, 0.717) is 30.9 Å². The smallest absolute Gasteiger partial charge is 0.389 e. The van der Waals surface area contributed by atoms with E-state index in [2.05, 4.69) is 20.6 Å². The van der Waals surface area contributed by atoms with Crippen molar-refractivity contribution in [1.82, 2.24) is 10.8 Å². The highest BCUT2D eigenvalue weighted by molar-refractivity contribution is 5.97. The van der Waals surface area contributed by atoms with Crippen LogP contribution in [0.25, 0.3) is 5.57 Å². The number of ether oxygens (including phenoxy) is 1. The first kappa shape index (κ1) is 29.0. The molecule has 3 rings (SSSR count). The number of nitrogens with zero attached hydrogens (tertiary/aromatic N) is 1. The Morgan fingerprint density at radius 2 is 2.11 bits per heavy atom. The molecule has 10 heteroatoms. The Balaban J connectivity index is 1.57. The summed E-state index contributed by atoms with van der Waals surface area (Å²) < 4.78 is 42.5. The number of carbonyl (C=O) groups excluding carboxylic acids is 2. The molecular formula is C28H34F3N3O4. The highest BCUT2D eigenvalue weighted by Crippen LogP contribution is 2.29. The highest BCUT2D eigenvalue weighted by Gasteiger charge is 2.26. The van der Waals surface area contributed by atoms with Gasteiger partial charge >= 0.3 is 12.6 Å². The van der Waals surface area contributed by atoms with Crippen LogP contribution in [0.5, 0.6) is 0 Å². The lowest BCUT2D eigenvalue weighted by molar-refractivity contribution is -0.137. The topological polar surface area (TPSA) is 89.0 Å². The molecule has 38 heavy (non-hydrogen) atoms. The zero-order chi connectivity index (χ0) is 27.5. The van der Waals surface area contributed by atoms with Crippen LogP contribution < -0.4 is 10.8 Å². The summed E-state index contributed by atoms with van der Waals surface area (Å²) in [5.41, 5.74) is 6.46. The summed E-state index contributed by atoms with van der Waals surface area (Å²) in [7, 11) is 1.61. The molecule has 2 N–H and O–H groups in total. The summed E-state index contributed by atoms with van der Waals surface area (Å²) in [6.07, 6.45) is 5.80. The van der Waals surface area contributed by atoms with E-state index in [-0.39, 0.29) is 30.9 Å². The number of alkyl halides is 3. The molecule has 0 spiro atoms. The van der Waals surface area contributed by atoms with Crippen molar-refractivity contribution >= 4 is 23.8 Å².